The van der Waals surface area contributed by atoms with Gasteiger partial charge in [-0.15, -0.1) is 0 Å². The second kappa shape index (κ2) is 4.47. The van der Waals surface area contributed by atoms with Gasteiger partial charge in [-0.05, 0) is 52.0 Å². The number of pyridine rings is 1. The van der Waals surface area contributed by atoms with E-state index in [0.29, 0.717) is 5.92 Å². The van der Waals surface area contributed by atoms with Crippen LogP contribution in [0.25, 0.3) is 0 Å². The zero-order chi connectivity index (χ0) is 14.5. The van der Waals surface area contributed by atoms with Crippen molar-refractivity contribution in [3.05, 3.63) is 17.8 Å². The van der Waals surface area contributed by atoms with Crippen LogP contribution in [0, 0.1) is 0 Å². The van der Waals surface area contributed by atoms with Crippen molar-refractivity contribution in [2.24, 2.45) is 0 Å². The highest BCUT2D eigenvalue weighted by Gasteiger charge is 2.52. The highest BCUT2D eigenvalue weighted by molar-refractivity contribution is 6.63. The van der Waals surface area contributed by atoms with E-state index in [1.807, 2.05) is 13.2 Å². The average Bonchev–Trinajstić information content (AvgIpc) is 3.17. The lowest BCUT2D eigenvalue weighted by Crippen LogP contribution is -2.41. The number of rotatable bonds is 3. The minimum atomic E-state index is -0.353. The quantitative estimate of drug-likeness (QED) is 0.859. The van der Waals surface area contributed by atoms with Crippen molar-refractivity contribution in [3.8, 4) is 0 Å². The Labute approximate surface area is 121 Å². The highest BCUT2D eigenvalue weighted by Crippen LogP contribution is 2.40. The summed E-state index contributed by atoms with van der Waals surface area (Å²) >= 11 is 0. The molecule has 2 aliphatic rings. The number of hydrogen-bond acceptors (Lipinski definition) is 4. The van der Waals surface area contributed by atoms with Gasteiger partial charge in [0.15, 0.2) is 0 Å². The van der Waals surface area contributed by atoms with Gasteiger partial charge in [0.25, 0.3) is 0 Å². The molecule has 108 valence electrons. The van der Waals surface area contributed by atoms with Gasteiger partial charge in [-0.25, -0.2) is 4.98 Å². The van der Waals surface area contributed by atoms with Crippen molar-refractivity contribution in [1.82, 2.24) is 4.98 Å². The summed E-state index contributed by atoms with van der Waals surface area (Å²) in [5, 5.41) is 3.14. The molecule has 1 aromatic rings. The first-order chi connectivity index (χ1) is 9.34. The summed E-state index contributed by atoms with van der Waals surface area (Å²) in [7, 11) is 1.53. The number of hydrogen-bond donors (Lipinski definition) is 1. The predicted molar refractivity (Wildman–Crippen MR) is 81.5 cm³/mol. The van der Waals surface area contributed by atoms with Crippen molar-refractivity contribution >= 4 is 18.4 Å². The largest absolute Gasteiger partial charge is 0.498 e. The summed E-state index contributed by atoms with van der Waals surface area (Å²) in [5.74, 6) is 1.52. The summed E-state index contributed by atoms with van der Waals surface area (Å²) in [6.07, 6.45) is 4.50. The fourth-order valence-electron chi connectivity index (χ4n) is 2.50. The lowest BCUT2D eigenvalue weighted by Gasteiger charge is -2.32. The third kappa shape index (κ3) is 2.23. The normalized spacial score (nSPS) is 23.9. The van der Waals surface area contributed by atoms with Gasteiger partial charge >= 0.3 is 7.12 Å². The Morgan fingerprint density at radius 3 is 2.30 bits per heavy atom. The zero-order valence-electron chi connectivity index (χ0n) is 13.0. The van der Waals surface area contributed by atoms with Crippen molar-refractivity contribution < 1.29 is 9.31 Å². The Balaban J connectivity index is 1.95. The number of nitrogens with one attached hydrogen (secondary N) is 1. The molecule has 0 radical (unpaired) electrons. The molecule has 2 heterocycles. The van der Waals surface area contributed by atoms with E-state index in [2.05, 4.69) is 44.1 Å². The molecule has 5 heteroatoms. The van der Waals surface area contributed by atoms with Crippen LogP contribution in [-0.2, 0) is 9.31 Å². The summed E-state index contributed by atoms with van der Waals surface area (Å²) in [4.78, 5) is 4.53. The van der Waals surface area contributed by atoms with Crippen LogP contribution in [0.4, 0.5) is 5.82 Å². The molecule has 1 saturated heterocycles. The molecule has 0 atom stereocenters. The van der Waals surface area contributed by atoms with Crippen molar-refractivity contribution in [3.63, 3.8) is 0 Å². The molecule has 1 aliphatic heterocycles. The maximum absolute atomic E-state index is 6.15. The average molecular weight is 274 g/mol. The fourth-order valence-corrected chi connectivity index (χ4v) is 2.50. The predicted octanol–water partition coefficient (Wildman–Crippen LogP) is 2.30. The number of aromatic nitrogens is 1. The monoisotopic (exact) mass is 274 g/mol. The smallest absolute Gasteiger partial charge is 0.399 e. The topological polar surface area (TPSA) is 43.4 Å². The molecule has 1 aromatic heterocycles. The molecule has 0 bridgehead atoms. The first-order valence-electron chi connectivity index (χ1n) is 7.37. The molecule has 0 amide bonds. The SMILES string of the molecule is CNc1ncc(C2CC2)cc1B1OC(C)(C)C(C)(C)O1. The molecule has 3 rings (SSSR count). The molecule has 1 aliphatic carbocycles. The summed E-state index contributed by atoms with van der Waals surface area (Å²) in [6, 6.07) is 2.19. The first-order valence-corrected chi connectivity index (χ1v) is 7.37. The molecule has 0 unspecified atom stereocenters. The van der Waals surface area contributed by atoms with Crippen LogP contribution in [0.3, 0.4) is 0 Å². The molecular weight excluding hydrogens is 251 g/mol. The van der Waals surface area contributed by atoms with Crippen LogP contribution in [-0.4, -0.2) is 30.4 Å². The van der Waals surface area contributed by atoms with Crippen molar-refractivity contribution in [1.29, 1.82) is 0 Å². The van der Waals surface area contributed by atoms with Crippen LogP contribution >= 0.6 is 0 Å². The van der Waals surface area contributed by atoms with Crippen LogP contribution in [0.5, 0.6) is 0 Å². The maximum atomic E-state index is 6.15. The third-order valence-electron chi connectivity index (χ3n) is 4.73. The molecule has 0 aromatic carbocycles. The molecule has 20 heavy (non-hydrogen) atoms. The van der Waals surface area contributed by atoms with E-state index in [1.54, 1.807) is 0 Å². The molecular formula is C15H23BN2O2. The summed E-state index contributed by atoms with van der Waals surface area (Å²) in [5.41, 5.74) is 1.67. The highest BCUT2D eigenvalue weighted by atomic mass is 16.7. The standard InChI is InChI=1S/C15H23BN2O2/c1-14(2)15(3,4)20-16(19-14)12-8-11(10-6-7-10)9-18-13(12)17-5/h8-10H,6-7H2,1-5H3,(H,17,18). The van der Waals surface area contributed by atoms with Crippen LogP contribution < -0.4 is 10.8 Å². The molecule has 0 spiro atoms. The second-order valence-electron chi connectivity index (χ2n) is 6.82. The van der Waals surface area contributed by atoms with Gasteiger partial charge < -0.3 is 14.6 Å². The second-order valence-corrected chi connectivity index (χ2v) is 6.82. The first kappa shape index (κ1) is 13.9. The number of anilines is 1. The maximum Gasteiger partial charge on any atom is 0.498 e. The Kier molecular flexibility index (Phi) is 3.10. The lowest BCUT2D eigenvalue weighted by atomic mass is 9.78. The van der Waals surface area contributed by atoms with E-state index in [1.165, 1.54) is 18.4 Å². The van der Waals surface area contributed by atoms with Gasteiger partial charge in [0.2, 0.25) is 0 Å². The summed E-state index contributed by atoms with van der Waals surface area (Å²) < 4.78 is 12.3. The molecule has 2 fully saturated rings. The summed E-state index contributed by atoms with van der Waals surface area (Å²) in [6.45, 7) is 8.29. The van der Waals surface area contributed by atoms with E-state index in [-0.39, 0.29) is 18.3 Å². The van der Waals surface area contributed by atoms with Gasteiger partial charge in [-0.1, -0.05) is 6.07 Å². The van der Waals surface area contributed by atoms with Crippen molar-refractivity contribution in [2.75, 3.05) is 12.4 Å². The zero-order valence-corrected chi connectivity index (χ0v) is 13.0. The van der Waals surface area contributed by atoms with Gasteiger partial charge in [-0.3, -0.25) is 0 Å². The Bertz CT molecular complexity index is 511. The lowest BCUT2D eigenvalue weighted by molar-refractivity contribution is 0.00578. The van der Waals surface area contributed by atoms with Gasteiger partial charge in [0.1, 0.15) is 5.82 Å². The van der Waals surface area contributed by atoms with E-state index in [0.717, 1.165) is 11.3 Å². The van der Waals surface area contributed by atoms with Crippen molar-refractivity contribution in [2.45, 2.75) is 57.7 Å². The van der Waals surface area contributed by atoms with E-state index in [9.17, 15) is 0 Å². The van der Waals surface area contributed by atoms with Crippen LogP contribution in [0.2, 0.25) is 0 Å². The Hall–Kier alpha value is -1.07. The van der Waals surface area contributed by atoms with Gasteiger partial charge in [0.05, 0.1) is 11.2 Å². The van der Waals surface area contributed by atoms with E-state index < -0.39 is 0 Å². The van der Waals surface area contributed by atoms with Gasteiger partial charge in [-0.2, -0.15) is 0 Å². The molecule has 4 nitrogen and oxygen atoms in total. The van der Waals surface area contributed by atoms with Gasteiger partial charge in [0, 0.05) is 18.7 Å². The molecule has 1 N–H and O–H groups in total. The Morgan fingerprint density at radius 1 is 1.20 bits per heavy atom. The Morgan fingerprint density at radius 2 is 1.80 bits per heavy atom. The van der Waals surface area contributed by atoms with Crippen LogP contribution in [0.1, 0.15) is 52.0 Å². The van der Waals surface area contributed by atoms with E-state index >= 15 is 0 Å². The third-order valence-corrected chi connectivity index (χ3v) is 4.73. The number of nitrogens with zero attached hydrogens (tertiary/aromatic N) is 1. The van der Waals surface area contributed by atoms with E-state index in [4.69, 9.17) is 9.31 Å². The fraction of sp³-hybridized carbons (Fsp3) is 0.667. The van der Waals surface area contributed by atoms with Crippen LogP contribution in [0.15, 0.2) is 12.3 Å². The minimum absolute atomic E-state index is 0.321. The minimum Gasteiger partial charge on any atom is -0.399 e. The molecule has 1 saturated carbocycles.